The van der Waals surface area contributed by atoms with E-state index in [-0.39, 0.29) is 18.2 Å². The van der Waals surface area contributed by atoms with Crippen molar-refractivity contribution >= 4 is 11.8 Å². The van der Waals surface area contributed by atoms with Crippen LogP contribution in [0.25, 0.3) is 0 Å². The summed E-state index contributed by atoms with van der Waals surface area (Å²) in [5, 5.41) is 18.6. The molecule has 1 aromatic rings. The molecule has 19 heavy (non-hydrogen) atoms. The van der Waals surface area contributed by atoms with Crippen LogP contribution in [-0.4, -0.2) is 40.4 Å². The van der Waals surface area contributed by atoms with Crippen LogP contribution in [-0.2, 0) is 0 Å². The van der Waals surface area contributed by atoms with E-state index in [2.05, 4.69) is 4.98 Å². The van der Waals surface area contributed by atoms with E-state index in [1.807, 2.05) is 4.90 Å². The summed E-state index contributed by atoms with van der Waals surface area (Å²) in [6.45, 7) is 2.69. The van der Waals surface area contributed by atoms with Crippen LogP contribution in [0.2, 0.25) is 0 Å². The molecule has 0 amide bonds. The third kappa shape index (κ3) is 3.23. The SMILES string of the molecule is Cc1cc(C(=O)O)cc(N2CCCCCC2CO)n1. The predicted molar refractivity (Wildman–Crippen MR) is 72.6 cm³/mol. The molecule has 5 heteroatoms. The first kappa shape index (κ1) is 13.8. The Kier molecular flexibility index (Phi) is 4.37. The average Bonchev–Trinajstić information content (AvgIpc) is 2.62. The monoisotopic (exact) mass is 264 g/mol. The lowest BCUT2D eigenvalue weighted by Gasteiger charge is -2.30. The van der Waals surface area contributed by atoms with Crippen molar-refractivity contribution in [2.75, 3.05) is 18.1 Å². The Labute approximate surface area is 112 Å². The number of hydrogen-bond donors (Lipinski definition) is 2. The largest absolute Gasteiger partial charge is 0.478 e. The number of aryl methyl sites for hydroxylation is 1. The van der Waals surface area contributed by atoms with Crippen molar-refractivity contribution in [1.29, 1.82) is 0 Å². The predicted octanol–water partition coefficient (Wildman–Crippen LogP) is 1.83. The van der Waals surface area contributed by atoms with Crippen molar-refractivity contribution in [2.45, 2.75) is 38.6 Å². The molecule has 1 aliphatic rings. The number of hydrogen-bond acceptors (Lipinski definition) is 4. The van der Waals surface area contributed by atoms with E-state index in [0.29, 0.717) is 11.5 Å². The molecule has 2 heterocycles. The van der Waals surface area contributed by atoms with Crippen LogP contribution in [0.5, 0.6) is 0 Å². The standard InChI is InChI=1S/C14H20N2O3/c1-10-7-11(14(18)19)8-13(15-10)16-6-4-2-3-5-12(16)9-17/h7-8,12,17H,2-6,9H2,1H3,(H,18,19). The van der Waals surface area contributed by atoms with Crippen molar-refractivity contribution in [1.82, 2.24) is 4.98 Å². The lowest BCUT2D eigenvalue weighted by Crippen LogP contribution is -2.38. The number of aliphatic hydroxyl groups excluding tert-OH is 1. The second-order valence-electron chi connectivity index (χ2n) is 5.04. The third-order valence-corrected chi connectivity index (χ3v) is 3.57. The van der Waals surface area contributed by atoms with E-state index in [1.165, 1.54) is 0 Å². The van der Waals surface area contributed by atoms with Crippen LogP contribution in [0.1, 0.15) is 41.7 Å². The molecule has 2 N–H and O–H groups in total. The maximum atomic E-state index is 11.1. The van der Waals surface area contributed by atoms with Gasteiger partial charge in [0.15, 0.2) is 0 Å². The number of aromatic nitrogens is 1. The third-order valence-electron chi connectivity index (χ3n) is 3.57. The van der Waals surface area contributed by atoms with Crippen LogP contribution >= 0.6 is 0 Å². The Bertz CT molecular complexity index is 462. The highest BCUT2D eigenvalue weighted by Crippen LogP contribution is 2.24. The zero-order valence-corrected chi connectivity index (χ0v) is 11.2. The van der Waals surface area contributed by atoms with Crippen LogP contribution < -0.4 is 4.90 Å². The number of carboxylic acid groups (broad SMARTS) is 1. The van der Waals surface area contributed by atoms with Crippen LogP contribution in [0.15, 0.2) is 12.1 Å². The summed E-state index contributed by atoms with van der Waals surface area (Å²) in [6.07, 6.45) is 4.22. The van der Waals surface area contributed by atoms with Gasteiger partial charge in [-0.2, -0.15) is 0 Å². The summed E-state index contributed by atoms with van der Waals surface area (Å²) in [6, 6.07) is 3.21. The van der Waals surface area contributed by atoms with Gasteiger partial charge in [0, 0.05) is 12.2 Å². The van der Waals surface area contributed by atoms with Gasteiger partial charge in [-0.15, -0.1) is 0 Å². The maximum absolute atomic E-state index is 11.1. The number of nitrogens with zero attached hydrogens (tertiary/aromatic N) is 2. The summed E-state index contributed by atoms with van der Waals surface area (Å²) in [5.41, 5.74) is 0.944. The number of aliphatic hydroxyl groups is 1. The maximum Gasteiger partial charge on any atom is 0.335 e. The molecule has 1 saturated heterocycles. The minimum absolute atomic E-state index is 0.0402. The molecule has 0 bridgehead atoms. The summed E-state index contributed by atoms with van der Waals surface area (Å²) < 4.78 is 0. The van der Waals surface area contributed by atoms with Crippen molar-refractivity contribution in [3.63, 3.8) is 0 Å². The van der Waals surface area contributed by atoms with Gasteiger partial charge in [0.1, 0.15) is 5.82 Å². The van der Waals surface area contributed by atoms with Gasteiger partial charge in [0.2, 0.25) is 0 Å². The molecular weight excluding hydrogens is 244 g/mol. The summed E-state index contributed by atoms with van der Waals surface area (Å²) in [7, 11) is 0. The topological polar surface area (TPSA) is 73.7 Å². The van der Waals surface area contributed by atoms with E-state index in [1.54, 1.807) is 19.1 Å². The molecule has 1 fully saturated rings. The minimum Gasteiger partial charge on any atom is -0.478 e. The van der Waals surface area contributed by atoms with Gasteiger partial charge in [-0.3, -0.25) is 0 Å². The lowest BCUT2D eigenvalue weighted by atomic mass is 10.1. The molecule has 0 spiro atoms. The quantitative estimate of drug-likeness (QED) is 0.871. The molecule has 1 unspecified atom stereocenters. The Morgan fingerprint density at radius 1 is 1.42 bits per heavy atom. The van der Waals surface area contributed by atoms with E-state index in [0.717, 1.165) is 32.2 Å². The van der Waals surface area contributed by atoms with Crippen LogP contribution in [0.4, 0.5) is 5.82 Å². The van der Waals surface area contributed by atoms with Crippen LogP contribution in [0.3, 0.4) is 0 Å². The number of rotatable bonds is 3. The zero-order valence-electron chi connectivity index (χ0n) is 11.2. The van der Waals surface area contributed by atoms with Crippen molar-refractivity contribution < 1.29 is 15.0 Å². The molecule has 1 atom stereocenters. The number of anilines is 1. The van der Waals surface area contributed by atoms with E-state index >= 15 is 0 Å². The molecule has 2 rings (SSSR count). The fourth-order valence-corrected chi connectivity index (χ4v) is 2.59. The second kappa shape index (κ2) is 6.02. The van der Waals surface area contributed by atoms with Crippen LogP contribution in [0, 0.1) is 6.92 Å². The number of pyridine rings is 1. The molecule has 0 saturated carbocycles. The smallest absolute Gasteiger partial charge is 0.335 e. The molecule has 0 aromatic carbocycles. The molecular formula is C14H20N2O3. The molecule has 0 radical (unpaired) electrons. The number of aromatic carboxylic acids is 1. The number of carbonyl (C=O) groups is 1. The van der Waals surface area contributed by atoms with Gasteiger partial charge in [-0.1, -0.05) is 12.8 Å². The van der Waals surface area contributed by atoms with Gasteiger partial charge in [0.25, 0.3) is 0 Å². The van der Waals surface area contributed by atoms with Crippen molar-refractivity contribution in [3.8, 4) is 0 Å². The van der Waals surface area contributed by atoms with Crippen molar-refractivity contribution in [3.05, 3.63) is 23.4 Å². The number of carboxylic acids is 1. The second-order valence-corrected chi connectivity index (χ2v) is 5.04. The van der Waals surface area contributed by atoms with E-state index in [4.69, 9.17) is 5.11 Å². The molecule has 0 aliphatic carbocycles. The highest BCUT2D eigenvalue weighted by Gasteiger charge is 2.22. The highest BCUT2D eigenvalue weighted by atomic mass is 16.4. The Hall–Kier alpha value is -1.62. The van der Waals surface area contributed by atoms with Gasteiger partial charge < -0.3 is 15.1 Å². The van der Waals surface area contributed by atoms with E-state index < -0.39 is 5.97 Å². The molecule has 1 aliphatic heterocycles. The summed E-state index contributed by atoms with van der Waals surface area (Å²) >= 11 is 0. The molecule has 5 nitrogen and oxygen atoms in total. The Balaban J connectivity index is 2.34. The lowest BCUT2D eigenvalue weighted by molar-refractivity contribution is 0.0696. The first-order chi connectivity index (χ1) is 9.11. The molecule has 1 aromatic heterocycles. The minimum atomic E-state index is -0.942. The van der Waals surface area contributed by atoms with Gasteiger partial charge in [-0.05, 0) is 31.9 Å². The van der Waals surface area contributed by atoms with Gasteiger partial charge >= 0.3 is 5.97 Å². The zero-order chi connectivity index (χ0) is 13.8. The van der Waals surface area contributed by atoms with Gasteiger partial charge in [0.05, 0.1) is 18.2 Å². The van der Waals surface area contributed by atoms with E-state index in [9.17, 15) is 9.90 Å². The average molecular weight is 264 g/mol. The molecule has 104 valence electrons. The highest BCUT2D eigenvalue weighted by molar-refractivity contribution is 5.88. The van der Waals surface area contributed by atoms with Gasteiger partial charge in [-0.25, -0.2) is 9.78 Å². The fraction of sp³-hybridized carbons (Fsp3) is 0.571. The Morgan fingerprint density at radius 3 is 2.89 bits per heavy atom. The first-order valence-corrected chi connectivity index (χ1v) is 6.71. The summed E-state index contributed by atoms with van der Waals surface area (Å²) in [4.78, 5) is 17.6. The Morgan fingerprint density at radius 2 is 2.21 bits per heavy atom. The fourth-order valence-electron chi connectivity index (χ4n) is 2.59. The normalized spacial score (nSPS) is 20.1. The summed E-state index contributed by atoms with van der Waals surface area (Å²) in [5.74, 6) is -0.277. The van der Waals surface area contributed by atoms with Crippen molar-refractivity contribution in [2.24, 2.45) is 0 Å². The first-order valence-electron chi connectivity index (χ1n) is 6.71.